The average molecular weight is 288 g/mol. The predicted molar refractivity (Wildman–Crippen MR) is 91.7 cm³/mol. The van der Waals surface area contributed by atoms with Crippen molar-refractivity contribution in [2.45, 2.75) is 58.5 Å². The van der Waals surface area contributed by atoms with Crippen LogP contribution in [-0.2, 0) is 6.42 Å². The number of nitrogens with one attached hydrogen (secondary N) is 1. The molecule has 1 aromatic rings. The third kappa shape index (κ3) is 5.44. The molecule has 1 saturated heterocycles. The molecule has 1 unspecified atom stereocenters. The molecule has 118 valence electrons. The highest BCUT2D eigenvalue weighted by Crippen LogP contribution is 2.20. The van der Waals surface area contributed by atoms with Crippen LogP contribution < -0.4 is 5.32 Å². The summed E-state index contributed by atoms with van der Waals surface area (Å²) in [6, 6.07) is 11.6. The van der Waals surface area contributed by atoms with E-state index in [-0.39, 0.29) is 5.54 Å². The van der Waals surface area contributed by atoms with E-state index in [1.54, 1.807) is 0 Å². The minimum atomic E-state index is 0.250. The fourth-order valence-electron chi connectivity index (χ4n) is 3.39. The first-order chi connectivity index (χ1) is 9.96. The van der Waals surface area contributed by atoms with Gasteiger partial charge in [-0.15, -0.1) is 0 Å². The number of piperazine rings is 1. The van der Waals surface area contributed by atoms with Gasteiger partial charge in [-0.25, -0.2) is 0 Å². The van der Waals surface area contributed by atoms with E-state index in [2.05, 4.69) is 68.2 Å². The van der Waals surface area contributed by atoms with Gasteiger partial charge in [0.25, 0.3) is 0 Å². The molecule has 0 radical (unpaired) electrons. The first-order valence-electron chi connectivity index (χ1n) is 8.49. The smallest absolute Gasteiger partial charge is 0.0252 e. The maximum Gasteiger partial charge on any atom is 0.0252 e. The van der Waals surface area contributed by atoms with Gasteiger partial charge in [-0.05, 0) is 51.1 Å². The second kappa shape index (κ2) is 7.42. The largest absolute Gasteiger partial charge is 0.309 e. The maximum absolute atomic E-state index is 3.71. The fourth-order valence-corrected chi connectivity index (χ4v) is 3.39. The minimum Gasteiger partial charge on any atom is -0.309 e. The summed E-state index contributed by atoms with van der Waals surface area (Å²) in [6.07, 6.45) is 3.75. The van der Waals surface area contributed by atoms with Crippen molar-refractivity contribution < 1.29 is 0 Å². The molecule has 2 heteroatoms. The van der Waals surface area contributed by atoms with Crippen LogP contribution in [0.4, 0.5) is 0 Å². The van der Waals surface area contributed by atoms with Gasteiger partial charge in [0.2, 0.25) is 0 Å². The Kier molecular flexibility index (Phi) is 5.83. The van der Waals surface area contributed by atoms with Crippen LogP contribution in [0.3, 0.4) is 0 Å². The van der Waals surface area contributed by atoms with Gasteiger partial charge in [-0.2, -0.15) is 0 Å². The van der Waals surface area contributed by atoms with Gasteiger partial charge in [0.05, 0.1) is 0 Å². The van der Waals surface area contributed by atoms with E-state index in [4.69, 9.17) is 0 Å². The van der Waals surface area contributed by atoms with Gasteiger partial charge < -0.3 is 5.32 Å². The van der Waals surface area contributed by atoms with Crippen LogP contribution >= 0.6 is 0 Å². The number of rotatable bonds is 6. The van der Waals surface area contributed by atoms with Crippen LogP contribution in [0, 0.1) is 5.92 Å². The van der Waals surface area contributed by atoms with Crippen LogP contribution in [0.1, 0.15) is 46.1 Å². The van der Waals surface area contributed by atoms with E-state index in [0.717, 1.165) is 12.5 Å². The molecule has 0 aromatic heterocycles. The van der Waals surface area contributed by atoms with Gasteiger partial charge >= 0.3 is 0 Å². The lowest BCUT2D eigenvalue weighted by Gasteiger charge is -2.45. The second-order valence-corrected chi connectivity index (χ2v) is 7.61. The van der Waals surface area contributed by atoms with Crippen LogP contribution in [0.2, 0.25) is 0 Å². The van der Waals surface area contributed by atoms with E-state index < -0.39 is 0 Å². The van der Waals surface area contributed by atoms with E-state index in [0.29, 0.717) is 6.04 Å². The molecular formula is C19H32N2. The molecule has 0 saturated carbocycles. The van der Waals surface area contributed by atoms with Crippen LogP contribution in [0.25, 0.3) is 0 Å². The highest BCUT2D eigenvalue weighted by molar-refractivity contribution is 5.14. The van der Waals surface area contributed by atoms with Crippen molar-refractivity contribution in [2.75, 3.05) is 19.6 Å². The molecular weight excluding hydrogens is 256 g/mol. The van der Waals surface area contributed by atoms with Gasteiger partial charge in [0.1, 0.15) is 0 Å². The summed E-state index contributed by atoms with van der Waals surface area (Å²) in [5.74, 6) is 0.773. The van der Waals surface area contributed by atoms with E-state index in [9.17, 15) is 0 Å². The molecule has 0 spiro atoms. The fraction of sp³-hybridized carbons (Fsp3) is 0.684. The molecule has 2 rings (SSSR count). The average Bonchev–Trinajstić information content (AvgIpc) is 2.42. The molecule has 0 aliphatic carbocycles. The Bertz CT molecular complexity index is 411. The maximum atomic E-state index is 3.71. The topological polar surface area (TPSA) is 15.3 Å². The Balaban J connectivity index is 1.87. The van der Waals surface area contributed by atoms with Gasteiger partial charge in [-0.1, -0.05) is 44.2 Å². The standard InChI is InChI=1S/C19H32N2/c1-16(2)13-18-14-20-19(3,4)15-21(18)12-8-11-17-9-6-5-7-10-17/h5-7,9-10,16,18,20H,8,11-15H2,1-4H3. The van der Waals surface area contributed by atoms with Crippen LogP contribution in [0.5, 0.6) is 0 Å². The second-order valence-electron chi connectivity index (χ2n) is 7.61. The Hall–Kier alpha value is -0.860. The molecule has 2 nitrogen and oxygen atoms in total. The zero-order chi connectivity index (χ0) is 15.3. The van der Waals surface area contributed by atoms with Crippen molar-refractivity contribution in [1.29, 1.82) is 0 Å². The Labute approximate surface area is 130 Å². The third-order valence-electron chi connectivity index (χ3n) is 4.43. The Morgan fingerprint density at radius 1 is 1.24 bits per heavy atom. The first-order valence-corrected chi connectivity index (χ1v) is 8.49. The molecule has 1 atom stereocenters. The number of benzene rings is 1. The van der Waals surface area contributed by atoms with Crippen molar-refractivity contribution in [3.8, 4) is 0 Å². The lowest BCUT2D eigenvalue weighted by molar-refractivity contribution is 0.0817. The van der Waals surface area contributed by atoms with Crippen molar-refractivity contribution in [1.82, 2.24) is 10.2 Å². The lowest BCUT2D eigenvalue weighted by atomic mass is 9.93. The number of hydrogen-bond acceptors (Lipinski definition) is 2. The first kappa shape index (κ1) is 16.5. The molecule has 1 aliphatic heterocycles. The summed E-state index contributed by atoms with van der Waals surface area (Å²) >= 11 is 0. The molecule has 1 N–H and O–H groups in total. The molecule has 1 fully saturated rings. The van der Waals surface area contributed by atoms with Gasteiger partial charge in [0.15, 0.2) is 0 Å². The summed E-state index contributed by atoms with van der Waals surface area (Å²) in [7, 11) is 0. The van der Waals surface area contributed by atoms with Crippen LogP contribution in [0.15, 0.2) is 30.3 Å². The number of aryl methyl sites for hydroxylation is 1. The zero-order valence-electron chi connectivity index (χ0n) is 14.2. The molecule has 0 amide bonds. The quantitative estimate of drug-likeness (QED) is 0.858. The van der Waals surface area contributed by atoms with Gasteiger partial charge in [-0.3, -0.25) is 4.90 Å². The van der Waals surface area contributed by atoms with Crippen molar-refractivity contribution >= 4 is 0 Å². The summed E-state index contributed by atoms with van der Waals surface area (Å²) < 4.78 is 0. The third-order valence-corrected chi connectivity index (χ3v) is 4.43. The highest BCUT2D eigenvalue weighted by atomic mass is 15.2. The van der Waals surface area contributed by atoms with Crippen molar-refractivity contribution in [3.05, 3.63) is 35.9 Å². The van der Waals surface area contributed by atoms with E-state index in [1.165, 1.54) is 37.9 Å². The zero-order valence-corrected chi connectivity index (χ0v) is 14.2. The van der Waals surface area contributed by atoms with Crippen molar-refractivity contribution in [3.63, 3.8) is 0 Å². The monoisotopic (exact) mass is 288 g/mol. The molecule has 1 heterocycles. The summed E-state index contributed by atoms with van der Waals surface area (Å²) in [4.78, 5) is 2.72. The molecule has 21 heavy (non-hydrogen) atoms. The Morgan fingerprint density at radius 3 is 2.62 bits per heavy atom. The van der Waals surface area contributed by atoms with E-state index >= 15 is 0 Å². The minimum absolute atomic E-state index is 0.250. The number of nitrogens with zero attached hydrogens (tertiary/aromatic N) is 1. The number of hydrogen-bond donors (Lipinski definition) is 1. The summed E-state index contributed by atoms with van der Waals surface area (Å²) in [6.45, 7) is 12.8. The highest BCUT2D eigenvalue weighted by Gasteiger charge is 2.32. The van der Waals surface area contributed by atoms with Gasteiger partial charge in [0, 0.05) is 24.7 Å². The Morgan fingerprint density at radius 2 is 1.95 bits per heavy atom. The molecule has 1 aromatic carbocycles. The van der Waals surface area contributed by atoms with E-state index in [1.807, 2.05) is 0 Å². The summed E-state index contributed by atoms with van der Waals surface area (Å²) in [5.41, 5.74) is 1.72. The molecule has 0 bridgehead atoms. The normalized spacial score (nSPS) is 22.6. The SMILES string of the molecule is CC(C)CC1CNC(C)(C)CN1CCCc1ccccc1. The van der Waals surface area contributed by atoms with Crippen molar-refractivity contribution in [2.24, 2.45) is 5.92 Å². The predicted octanol–water partition coefficient (Wildman–Crippen LogP) is 3.72. The van der Waals surface area contributed by atoms with Crippen LogP contribution in [-0.4, -0.2) is 36.1 Å². The lowest BCUT2D eigenvalue weighted by Crippen LogP contribution is -2.61. The molecule has 1 aliphatic rings. The summed E-state index contributed by atoms with van der Waals surface area (Å²) in [5, 5.41) is 3.71.